The number of fused-ring (bicyclic) bond motifs is 1. The van der Waals surface area contributed by atoms with Crippen molar-refractivity contribution in [3.63, 3.8) is 0 Å². The first-order chi connectivity index (χ1) is 11.2. The van der Waals surface area contributed by atoms with E-state index in [4.69, 9.17) is 10.7 Å². The molecule has 0 amide bonds. The second kappa shape index (κ2) is 5.81. The molecule has 2 atom stereocenters. The molecule has 0 aliphatic carbocycles. The van der Waals surface area contributed by atoms with Crippen molar-refractivity contribution in [1.29, 1.82) is 0 Å². The molecule has 0 saturated carbocycles. The van der Waals surface area contributed by atoms with Gasteiger partial charge in [0.25, 0.3) is 0 Å². The van der Waals surface area contributed by atoms with Crippen molar-refractivity contribution in [3.8, 4) is 0 Å². The van der Waals surface area contributed by atoms with Crippen LogP contribution >= 0.6 is 0 Å². The third kappa shape index (κ3) is 2.65. The summed E-state index contributed by atoms with van der Waals surface area (Å²) < 4.78 is 0. The molecule has 5 nitrogen and oxygen atoms in total. The van der Waals surface area contributed by atoms with Crippen molar-refractivity contribution in [1.82, 2.24) is 10.2 Å². The predicted octanol–water partition coefficient (Wildman–Crippen LogP) is 1.75. The van der Waals surface area contributed by atoms with Crippen LogP contribution in [0, 0.1) is 12.8 Å². The number of hydrogen-bond acceptors (Lipinski definition) is 5. The van der Waals surface area contributed by atoms with Gasteiger partial charge in [-0.15, -0.1) is 0 Å². The molecule has 1 aromatic carbocycles. The Morgan fingerprint density at radius 1 is 1.35 bits per heavy atom. The quantitative estimate of drug-likeness (QED) is 0.874. The van der Waals surface area contributed by atoms with Gasteiger partial charge in [-0.25, -0.2) is 4.99 Å². The summed E-state index contributed by atoms with van der Waals surface area (Å²) in [6, 6.07) is 8.82. The Bertz CT molecular complexity index is 697. The Kier molecular flexibility index (Phi) is 3.65. The van der Waals surface area contributed by atoms with E-state index in [1.807, 2.05) is 6.20 Å². The van der Waals surface area contributed by atoms with Gasteiger partial charge in [0.05, 0.1) is 17.9 Å². The highest BCUT2D eigenvalue weighted by Crippen LogP contribution is 2.31. The molecule has 3 aliphatic heterocycles. The number of amidine groups is 2. The van der Waals surface area contributed by atoms with Crippen LogP contribution in [-0.4, -0.2) is 42.2 Å². The lowest BCUT2D eigenvalue weighted by atomic mass is 9.92. The third-order valence-electron chi connectivity index (χ3n) is 4.95. The Morgan fingerprint density at radius 3 is 3.04 bits per heavy atom. The zero-order chi connectivity index (χ0) is 15.8. The van der Waals surface area contributed by atoms with Gasteiger partial charge in [-0.1, -0.05) is 23.8 Å². The highest BCUT2D eigenvalue weighted by atomic mass is 15.3. The van der Waals surface area contributed by atoms with Crippen LogP contribution < -0.4 is 11.1 Å². The number of aliphatic imine (C=N–C) groups is 2. The van der Waals surface area contributed by atoms with E-state index in [-0.39, 0.29) is 0 Å². The van der Waals surface area contributed by atoms with E-state index >= 15 is 0 Å². The van der Waals surface area contributed by atoms with Crippen molar-refractivity contribution < 1.29 is 0 Å². The fourth-order valence-corrected chi connectivity index (χ4v) is 3.71. The average Bonchev–Trinajstić information content (AvgIpc) is 3.02. The third-order valence-corrected chi connectivity index (χ3v) is 4.95. The summed E-state index contributed by atoms with van der Waals surface area (Å²) in [5.74, 6) is 1.97. The van der Waals surface area contributed by atoms with Crippen molar-refractivity contribution >= 4 is 17.4 Å². The summed E-state index contributed by atoms with van der Waals surface area (Å²) in [5, 5.41) is 3.49. The maximum Gasteiger partial charge on any atom is 0.171 e. The van der Waals surface area contributed by atoms with Crippen LogP contribution in [0.2, 0.25) is 0 Å². The number of piperidine rings is 1. The maximum atomic E-state index is 6.10. The van der Waals surface area contributed by atoms with E-state index in [0.29, 0.717) is 17.8 Å². The molecule has 5 heteroatoms. The standard InChI is InChI=1S/C18H23N5/c1-12-4-2-5-13(8-12)16-10-21-17(19)18-22-15(11-23(16)18)14-6-3-7-20-9-14/h2,4-5,8,10,14-15,20H,3,6-7,9,11H2,1H3,(H2,19,21)/t14-,15?/m0/s1. The first-order valence-electron chi connectivity index (χ1n) is 8.39. The number of benzene rings is 1. The zero-order valence-electron chi connectivity index (χ0n) is 13.5. The van der Waals surface area contributed by atoms with Crippen LogP contribution in [0.3, 0.4) is 0 Å². The van der Waals surface area contributed by atoms with Crippen LogP contribution in [0.25, 0.3) is 5.70 Å². The van der Waals surface area contributed by atoms with Gasteiger partial charge in [0.15, 0.2) is 11.7 Å². The minimum Gasteiger partial charge on any atom is -0.381 e. The van der Waals surface area contributed by atoms with E-state index in [2.05, 4.69) is 46.4 Å². The van der Waals surface area contributed by atoms with Crippen molar-refractivity contribution in [2.24, 2.45) is 21.6 Å². The van der Waals surface area contributed by atoms with Crippen LogP contribution in [0.4, 0.5) is 0 Å². The molecule has 3 heterocycles. The van der Waals surface area contributed by atoms with Gasteiger partial charge < -0.3 is 16.0 Å². The maximum absolute atomic E-state index is 6.10. The molecule has 1 saturated heterocycles. The summed E-state index contributed by atoms with van der Waals surface area (Å²) in [5.41, 5.74) is 9.63. The minimum atomic E-state index is 0.304. The van der Waals surface area contributed by atoms with Crippen molar-refractivity contribution in [2.75, 3.05) is 19.6 Å². The van der Waals surface area contributed by atoms with Crippen LogP contribution in [-0.2, 0) is 0 Å². The summed E-state index contributed by atoms with van der Waals surface area (Å²) in [7, 11) is 0. The Hall–Kier alpha value is -2.14. The SMILES string of the molecule is Cc1cccc(C2=CN=C(N)C3=NC([C@H]4CCCNC4)CN23)c1. The van der Waals surface area contributed by atoms with E-state index in [9.17, 15) is 0 Å². The lowest BCUT2D eigenvalue weighted by Crippen LogP contribution is -2.41. The normalized spacial score (nSPS) is 27.2. The Labute approximate surface area is 137 Å². The number of aryl methyl sites for hydroxylation is 1. The van der Waals surface area contributed by atoms with Crippen LogP contribution in [0.5, 0.6) is 0 Å². The summed E-state index contributed by atoms with van der Waals surface area (Å²) >= 11 is 0. The first kappa shape index (κ1) is 14.5. The average molecular weight is 309 g/mol. The lowest BCUT2D eigenvalue weighted by Gasteiger charge is -2.29. The van der Waals surface area contributed by atoms with E-state index in [1.54, 1.807) is 0 Å². The topological polar surface area (TPSA) is 66.0 Å². The minimum absolute atomic E-state index is 0.304. The van der Waals surface area contributed by atoms with Gasteiger partial charge in [-0.05, 0) is 38.3 Å². The number of hydrogen-bond donors (Lipinski definition) is 2. The second-order valence-electron chi connectivity index (χ2n) is 6.64. The molecule has 1 aromatic rings. The molecule has 0 aromatic heterocycles. The molecular formula is C18H23N5. The molecule has 3 N–H and O–H groups in total. The van der Waals surface area contributed by atoms with Gasteiger partial charge in [-0.3, -0.25) is 4.99 Å². The first-order valence-corrected chi connectivity index (χ1v) is 8.39. The highest BCUT2D eigenvalue weighted by molar-refractivity contribution is 6.42. The van der Waals surface area contributed by atoms with Gasteiger partial charge in [0, 0.05) is 18.7 Å². The Morgan fingerprint density at radius 2 is 2.26 bits per heavy atom. The van der Waals surface area contributed by atoms with Crippen molar-refractivity contribution in [3.05, 3.63) is 41.6 Å². The summed E-state index contributed by atoms with van der Waals surface area (Å²) in [6.07, 6.45) is 4.35. The molecule has 120 valence electrons. The van der Waals surface area contributed by atoms with Crippen LogP contribution in [0.15, 0.2) is 40.5 Å². The number of nitrogens with zero attached hydrogens (tertiary/aromatic N) is 3. The van der Waals surface area contributed by atoms with Gasteiger partial charge >= 0.3 is 0 Å². The molecule has 1 fully saturated rings. The zero-order valence-corrected chi connectivity index (χ0v) is 13.5. The molecule has 0 bridgehead atoms. The van der Waals surface area contributed by atoms with Crippen LogP contribution in [0.1, 0.15) is 24.0 Å². The molecule has 0 spiro atoms. The molecule has 3 aliphatic rings. The predicted molar refractivity (Wildman–Crippen MR) is 94.3 cm³/mol. The smallest absolute Gasteiger partial charge is 0.171 e. The summed E-state index contributed by atoms with van der Waals surface area (Å²) in [4.78, 5) is 11.5. The van der Waals surface area contributed by atoms with E-state index in [1.165, 1.54) is 24.0 Å². The molecular weight excluding hydrogens is 286 g/mol. The van der Waals surface area contributed by atoms with Gasteiger partial charge in [0.1, 0.15) is 0 Å². The second-order valence-corrected chi connectivity index (χ2v) is 6.64. The number of nitrogens with two attached hydrogens (primary N) is 1. The van der Waals surface area contributed by atoms with E-state index in [0.717, 1.165) is 31.2 Å². The molecule has 23 heavy (non-hydrogen) atoms. The monoisotopic (exact) mass is 309 g/mol. The number of nitrogens with one attached hydrogen (secondary N) is 1. The lowest BCUT2D eigenvalue weighted by molar-refractivity contribution is 0.316. The van der Waals surface area contributed by atoms with Crippen molar-refractivity contribution in [2.45, 2.75) is 25.8 Å². The molecule has 4 rings (SSSR count). The fraction of sp³-hybridized carbons (Fsp3) is 0.444. The van der Waals surface area contributed by atoms with Gasteiger partial charge in [0.2, 0.25) is 0 Å². The van der Waals surface area contributed by atoms with Gasteiger partial charge in [-0.2, -0.15) is 0 Å². The molecule has 0 radical (unpaired) electrons. The number of rotatable bonds is 2. The summed E-state index contributed by atoms with van der Waals surface area (Å²) in [6.45, 7) is 5.19. The molecule has 1 unspecified atom stereocenters. The fourth-order valence-electron chi connectivity index (χ4n) is 3.71. The van der Waals surface area contributed by atoms with E-state index < -0.39 is 0 Å². The Balaban J connectivity index is 1.64. The largest absolute Gasteiger partial charge is 0.381 e. The highest BCUT2D eigenvalue weighted by Gasteiger charge is 2.36.